The van der Waals surface area contributed by atoms with Crippen LogP contribution in [0.4, 0.5) is 0 Å². The number of hydrogen-bond donors (Lipinski definition) is 1. The van der Waals surface area contributed by atoms with Crippen molar-refractivity contribution in [2.24, 2.45) is 0 Å². The molecule has 0 saturated carbocycles. The number of halogens is 1. The molecular formula is C4H5ClCuN+. The third-order valence-electron chi connectivity index (χ3n) is 0.496. The average molecular weight is 166 g/mol. The zero-order chi connectivity index (χ0) is 3.54. The molecule has 0 aromatic carbocycles. The summed E-state index contributed by atoms with van der Waals surface area (Å²) >= 11 is 0. The van der Waals surface area contributed by atoms with Gasteiger partial charge in [0, 0.05) is 12.4 Å². The van der Waals surface area contributed by atoms with E-state index in [4.69, 9.17) is 0 Å². The number of rotatable bonds is 0. The van der Waals surface area contributed by atoms with Gasteiger partial charge in [-0.05, 0) is 12.1 Å². The number of aromatic nitrogens is 1. The Morgan fingerprint density at radius 3 is 1.57 bits per heavy atom. The van der Waals surface area contributed by atoms with E-state index in [0.717, 1.165) is 0 Å². The molecule has 0 atom stereocenters. The Kier molecular flexibility index (Phi) is 8.83. The zero-order valence-corrected chi connectivity index (χ0v) is 5.19. The normalized spacial score (nSPS) is 5.71. The summed E-state index contributed by atoms with van der Waals surface area (Å²) < 4.78 is 0. The van der Waals surface area contributed by atoms with Gasteiger partial charge in [0.15, 0.2) is 0 Å². The summed E-state index contributed by atoms with van der Waals surface area (Å²) in [6.07, 6.45) is 3.75. The van der Waals surface area contributed by atoms with Crippen molar-refractivity contribution in [3.8, 4) is 0 Å². The molecule has 0 saturated heterocycles. The molecule has 1 aromatic heterocycles. The zero-order valence-electron chi connectivity index (χ0n) is 3.49. The molecule has 1 nitrogen and oxygen atoms in total. The Hall–Kier alpha value is 0.0895. The van der Waals surface area contributed by atoms with E-state index in [1.165, 1.54) is 0 Å². The predicted octanol–water partition coefficient (Wildman–Crippen LogP) is -1.98. The van der Waals surface area contributed by atoms with Gasteiger partial charge in [0.2, 0.25) is 0 Å². The molecule has 1 radical (unpaired) electrons. The third-order valence-corrected chi connectivity index (χ3v) is 0.496. The first kappa shape index (κ1) is 10.1. The van der Waals surface area contributed by atoms with Gasteiger partial charge in [-0.15, -0.1) is 0 Å². The molecule has 0 bridgehead atoms. The number of H-pyrrole nitrogens is 1. The second-order valence-electron chi connectivity index (χ2n) is 0.885. The maximum Gasteiger partial charge on any atom is 2.00 e. The minimum absolute atomic E-state index is 0. The van der Waals surface area contributed by atoms with Crippen molar-refractivity contribution in [1.29, 1.82) is 0 Å². The first-order valence-electron chi connectivity index (χ1n) is 1.58. The molecule has 1 N–H and O–H groups in total. The molecule has 0 aliphatic rings. The van der Waals surface area contributed by atoms with Gasteiger partial charge in [0.1, 0.15) is 0 Å². The fraction of sp³-hybridized carbons (Fsp3) is 0. The summed E-state index contributed by atoms with van der Waals surface area (Å²) in [7, 11) is 0. The quantitative estimate of drug-likeness (QED) is 0.430. The third kappa shape index (κ3) is 3.93. The SMILES string of the molecule is [Cl-].[Cu+2].c1cc[nH]c1. The molecule has 0 fully saturated rings. The molecule has 0 aliphatic heterocycles. The first-order chi connectivity index (χ1) is 2.50. The van der Waals surface area contributed by atoms with Crippen LogP contribution in [0.3, 0.4) is 0 Å². The van der Waals surface area contributed by atoms with E-state index >= 15 is 0 Å². The van der Waals surface area contributed by atoms with Gasteiger partial charge in [-0.3, -0.25) is 0 Å². The second kappa shape index (κ2) is 6.09. The first-order valence-corrected chi connectivity index (χ1v) is 1.58. The summed E-state index contributed by atoms with van der Waals surface area (Å²) in [6, 6.07) is 3.89. The Bertz CT molecular complexity index is 68.2. The molecule has 1 rings (SSSR count). The van der Waals surface area contributed by atoms with Gasteiger partial charge in [-0.2, -0.15) is 0 Å². The number of aromatic amines is 1. The van der Waals surface area contributed by atoms with E-state index in [9.17, 15) is 0 Å². The standard InChI is InChI=1S/C4H5N.ClH.Cu/c1-2-4-5-3-1;;/h1-5H;1H;/q;;+2/p-1. The van der Waals surface area contributed by atoms with E-state index in [0.29, 0.717) is 0 Å². The Balaban J connectivity index is 0. The van der Waals surface area contributed by atoms with Crippen molar-refractivity contribution in [2.75, 3.05) is 0 Å². The average Bonchev–Trinajstić information content (AvgIpc) is 1.76. The molecule has 43 valence electrons. The van der Waals surface area contributed by atoms with Crippen LogP contribution in [0.5, 0.6) is 0 Å². The van der Waals surface area contributed by atoms with Gasteiger partial charge in [-0.25, -0.2) is 0 Å². The monoisotopic (exact) mass is 165 g/mol. The summed E-state index contributed by atoms with van der Waals surface area (Å²) in [5.41, 5.74) is 0. The fourth-order valence-electron chi connectivity index (χ4n) is 0.278. The molecular weight excluding hydrogens is 161 g/mol. The Morgan fingerprint density at radius 2 is 1.43 bits per heavy atom. The van der Waals surface area contributed by atoms with E-state index in [2.05, 4.69) is 4.98 Å². The van der Waals surface area contributed by atoms with Crippen molar-refractivity contribution in [1.82, 2.24) is 4.98 Å². The van der Waals surface area contributed by atoms with Crippen LogP contribution in [0.1, 0.15) is 0 Å². The molecule has 7 heavy (non-hydrogen) atoms. The van der Waals surface area contributed by atoms with Crippen molar-refractivity contribution >= 4 is 0 Å². The van der Waals surface area contributed by atoms with E-state index in [1.54, 1.807) is 0 Å². The van der Waals surface area contributed by atoms with E-state index < -0.39 is 0 Å². The largest absolute Gasteiger partial charge is 2.00 e. The molecule has 1 heterocycles. The fourth-order valence-corrected chi connectivity index (χ4v) is 0.278. The van der Waals surface area contributed by atoms with Crippen LogP contribution < -0.4 is 12.4 Å². The summed E-state index contributed by atoms with van der Waals surface area (Å²) in [6.45, 7) is 0. The van der Waals surface area contributed by atoms with Crippen LogP contribution in [0.25, 0.3) is 0 Å². The van der Waals surface area contributed by atoms with Crippen molar-refractivity contribution in [2.45, 2.75) is 0 Å². The molecule has 0 unspecified atom stereocenters. The van der Waals surface area contributed by atoms with Gasteiger partial charge < -0.3 is 17.4 Å². The molecule has 0 amide bonds. The smallest absolute Gasteiger partial charge is 1.00 e. The number of nitrogens with one attached hydrogen (secondary N) is 1. The molecule has 3 heteroatoms. The molecule has 1 aromatic rings. The summed E-state index contributed by atoms with van der Waals surface area (Å²) in [4.78, 5) is 2.86. The Morgan fingerprint density at radius 1 is 1.00 bits per heavy atom. The van der Waals surface area contributed by atoms with Crippen LogP contribution in [0, 0.1) is 0 Å². The topological polar surface area (TPSA) is 15.8 Å². The van der Waals surface area contributed by atoms with E-state index in [-0.39, 0.29) is 29.5 Å². The van der Waals surface area contributed by atoms with Crippen molar-refractivity contribution in [3.63, 3.8) is 0 Å². The van der Waals surface area contributed by atoms with Crippen LogP contribution in [-0.2, 0) is 17.1 Å². The van der Waals surface area contributed by atoms with Crippen LogP contribution in [0.15, 0.2) is 24.5 Å². The van der Waals surface area contributed by atoms with E-state index in [1.807, 2.05) is 24.5 Å². The predicted molar refractivity (Wildman–Crippen MR) is 20.8 cm³/mol. The van der Waals surface area contributed by atoms with Crippen LogP contribution in [-0.4, -0.2) is 4.98 Å². The Labute approximate surface area is 59.4 Å². The maximum absolute atomic E-state index is 2.86. The van der Waals surface area contributed by atoms with Gasteiger partial charge >= 0.3 is 17.1 Å². The van der Waals surface area contributed by atoms with Crippen LogP contribution in [0.2, 0.25) is 0 Å². The number of hydrogen-bond acceptors (Lipinski definition) is 0. The van der Waals surface area contributed by atoms with Crippen molar-refractivity contribution < 1.29 is 29.5 Å². The summed E-state index contributed by atoms with van der Waals surface area (Å²) in [5.74, 6) is 0. The minimum Gasteiger partial charge on any atom is -1.00 e. The van der Waals surface area contributed by atoms with Crippen molar-refractivity contribution in [3.05, 3.63) is 24.5 Å². The molecule has 0 spiro atoms. The summed E-state index contributed by atoms with van der Waals surface area (Å²) in [5, 5.41) is 0. The van der Waals surface area contributed by atoms with Crippen LogP contribution >= 0.6 is 0 Å². The van der Waals surface area contributed by atoms with Gasteiger partial charge in [-0.1, -0.05) is 0 Å². The van der Waals surface area contributed by atoms with Gasteiger partial charge in [0.05, 0.1) is 0 Å². The second-order valence-corrected chi connectivity index (χ2v) is 0.885. The maximum atomic E-state index is 2.86. The van der Waals surface area contributed by atoms with Gasteiger partial charge in [0.25, 0.3) is 0 Å². The molecule has 0 aliphatic carbocycles. The minimum atomic E-state index is 0.